The minimum atomic E-state index is -4.62. The molecular weight excluding hydrogens is 399 g/mol. The van der Waals surface area contributed by atoms with Crippen LogP contribution in [0.1, 0.15) is 51.8 Å². The number of benzene rings is 1. The van der Waals surface area contributed by atoms with Crippen LogP contribution in [0, 0.1) is 0 Å². The summed E-state index contributed by atoms with van der Waals surface area (Å²) in [6.07, 6.45) is -4.62. The fraction of sp³-hybridized carbons (Fsp3) is 0.500. The summed E-state index contributed by atoms with van der Waals surface area (Å²) in [5, 5.41) is 0.190. The van der Waals surface area contributed by atoms with Gasteiger partial charge < -0.3 is 8.97 Å². The van der Waals surface area contributed by atoms with E-state index in [-0.39, 0.29) is 16.5 Å². The molecule has 0 saturated carbocycles. The lowest BCUT2D eigenvalue weighted by Crippen LogP contribution is -2.40. The number of rotatable bonds is 5. The van der Waals surface area contributed by atoms with Gasteiger partial charge in [0.25, 0.3) is 0 Å². The zero-order chi connectivity index (χ0) is 20.6. The second-order valence-corrected chi connectivity index (χ2v) is 10.3. The number of fused-ring (bicyclic) bond motifs is 1. The zero-order valence-corrected chi connectivity index (χ0v) is 17.3. The molecule has 150 valence electrons. The Bertz CT molecular complexity index is 875. The molecule has 0 aliphatic heterocycles. The number of alkyl halides is 3. The first-order valence-corrected chi connectivity index (χ1v) is 10.5. The molecule has 2 rings (SSSR count). The minimum absolute atomic E-state index is 0.0809. The molecule has 1 unspecified atom stereocenters. The largest absolute Gasteiger partial charge is 0.598 e. The molecule has 1 heterocycles. The second-order valence-electron chi connectivity index (χ2n) is 7.02. The molecule has 0 fully saturated rings. The Morgan fingerprint density at radius 1 is 1.26 bits per heavy atom. The summed E-state index contributed by atoms with van der Waals surface area (Å²) in [5.74, 6) is 0.645. The second kappa shape index (κ2) is 8.06. The van der Waals surface area contributed by atoms with Crippen LogP contribution in [0.5, 0.6) is 0 Å². The van der Waals surface area contributed by atoms with E-state index in [4.69, 9.17) is 4.42 Å². The predicted molar refractivity (Wildman–Crippen MR) is 103 cm³/mol. The summed E-state index contributed by atoms with van der Waals surface area (Å²) >= 11 is -0.226. The molecule has 1 aromatic heterocycles. The van der Waals surface area contributed by atoms with Crippen LogP contribution in [0.4, 0.5) is 13.2 Å². The lowest BCUT2D eigenvalue weighted by molar-refractivity contribution is -0.137. The van der Waals surface area contributed by atoms with Gasteiger partial charge in [0.1, 0.15) is 10.3 Å². The summed E-state index contributed by atoms with van der Waals surface area (Å²) in [6.45, 7) is 8.73. The van der Waals surface area contributed by atoms with E-state index >= 15 is 0 Å². The molecule has 0 aliphatic rings. The number of hydrogen-bond donors (Lipinski definition) is 1. The van der Waals surface area contributed by atoms with Gasteiger partial charge in [-0.15, -0.1) is 4.72 Å². The molecule has 2 atom stereocenters. The van der Waals surface area contributed by atoms with E-state index in [1.807, 2.05) is 6.92 Å². The first-order valence-electron chi connectivity index (χ1n) is 8.34. The van der Waals surface area contributed by atoms with Crippen molar-refractivity contribution in [2.24, 2.45) is 0 Å². The Balaban J connectivity index is 2.68. The lowest BCUT2D eigenvalue weighted by Gasteiger charge is -2.27. The quantitative estimate of drug-likeness (QED) is 0.541. The molecule has 0 amide bonds. The Kier molecular flexibility index (Phi) is 6.61. The van der Waals surface area contributed by atoms with E-state index < -0.39 is 39.3 Å². The molecule has 1 aromatic carbocycles. The molecule has 0 bridgehead atoms. The van der Waals surface area contributed by atoms with Crippen LogP contribution in [0.15, 0.2) is 32.5 Å². The Labute approximate surface area is 163 Å². The molecule has 4 nitrogen and oxygen atoms in total. The average Bonchev–Trinajstić information content (AvgIpc) is 2.52. The third-order valence-electron chi connectivity index (χ3n) is 3.76. The van der Waals surface area contributed by atoms with Crippen molar-refractivity contribution in [2.75, 3.05) is 5.75 Å². The average molecular weight is 422 g/mol. The smallest absolute Gasteiger partial charge is 0.416 e. The van der Waals surface area contributed by atoms with Gasteiger partial charge in [-0.25, -0.2) is 0 Å². The predicted octanol–water partition coefficient (Wildman–Crippen LogP) is 5.04. The molecule has 1 N–H and O–H groups in total. The van der Waals surface area contributed by atoms with E-state index in [2.05, 4.69) is 4.72 Å². The van der Waals surface area contributed by atoms with E-state index in [0.29, 0.717) is 10.8 Å². The highest BCUT2D eigenvalue weighted by atomic mass is 32.2. The summed E-state index contributed by atoms with van der Waals surface area (Å²) in [6, 6.07) is 2.23. The third-order valence-corrected chi connectivity index (χ3v) is 6.21. The molecule has 27 heavy (non-hydrogen) atoms. The van der Waals surface area contributed by atoms with Gasteiger partial charge >= 0.3 is 6.18 Å². The first-order chi connectivity index (χ1) is 12.3. The Hall–Kier alpha value is -1.16. The van der Waals surface area contributed by atoms with Crippen LogP contribution in [0.2, 0.25) is 0 Å². The minimum Gasteiger partial charge on any atom is -0.598 e. The highest BCUT2D eigenvalue weighted by Crippen LogP contribution is 2.36. The number of hydrogen-bond acceptors (Lipinski definition) is 5. The normalized spacial score (nSPS) is 15.1. The molecule has 2 aromatic rings. The van der Waals surface area contributed by atoms with Gasteiger partial charge in [0.2, 0.25) is 0 Å². The molecule has 0 saturated heterocycles. The van der Waals surface area contributed by atoms with Crippen molar-refractivity contribution in [2.45, 2.75) is 56.7 Å². The van der Waals surface area contributed by atoms with Crippen molar-refractivity contribution in [3.05, 3.63) is 39.5 Å². The van der Waals surface area contributed by atoms with Crippen molar-refractivity contribution in [3.8, 4) is 0 Å². The maximum Gasteiger partial charge on any atom is 0.416 e. The van der Waals surface area contributed by atoms with Crippen molar-refractivity contribution >= 4 is 34.1 Å². The first kappa shape index (κ1) is 22.1. The van der Waals surface area contributed by atoms with Crippen LogP contribution >= 0.6 is 11.8 Å². The van der Waals surface area contributed by atoms with Crippen LogP contribution in [-0.2, 0) is 17.5 Å². The summed E-state index contributed by atoms with van der Waals surface area (Å²) in [7, 11) is 0. The van der Waals surface area contributed by atoms with Gasteiger partial charge in [0, 0.05) is 23.0 Å². The van der Waals surface area contributed by atoms with Crippen molar-refractivity contribution in [1.29, 1.82) is 0 Å². The summed E-state index contributed by atoms with van der Waals surface area (Å²) in [5.41, 5.74) is -1.25. The van der Waals surface area contributed by atoms with Gasteiger partial charge in [0.15, 0.2) is 10.5 Å². The zero-order valence-electron chi connectivity index (χ0n) is 15.7. The highest BCUT2D eigenvalue weighted by Gasteiger charge is 2.34. The molecule has 0 aliphatic carbocycles. The van der Waals surface area contributed by atoms with Crippen LogP contribution in [0.25, 0.3) is 11.0 Å². The third kappa shape index (κ3) is 5.22. The topological polar surface area (TPSA) is 65.3 Å². The monoisotopic (exact) mass is 421 g/mol. The lowest BCUT2D eigenvalue weighted by atomic mass is 10.0. The van der Waals surface area contributed by atoms with E-state index in [9.17, 15) is 22.5 Å². The standard InChI is InChI=1S/C18H22F3NO3S2/c1-6-26-15-9-14(23)13-8-11(18(19,20)21)7-12(16(13)25-15)10(2)22-27(24)17(3,4)5/h7-10,22H,6H2,1-5H3/t10-,27?/m1/s1. The highest BCUT2D eigenvalue weighted by molar-refractivity contribution is 7.99. The fourth-order valence-corrected chi connectivity index (χ4v) is 3.78. The van der Waals surface area contributed by atoms with Gasteiger partial charge in [-0.1, -0.05) is 18.7 Å². The van der Waals surface area contributed by atoms with E-state index in [0.717, 1.165) is 12.1 Å². The van der Waals surface area contributed by atoms with Crippen molar-refractivity contribution in [1.82, 2.24) is 4.72 Å². The van der Waals surface area contributed by atoms with Crippen molar-refractivity contribution in [3.63, 3.8) is 0 Å². The van der Waals surface area contributed by atoms with Crippen LogP contribution < -0.4 is 10.2 Å². The number of halogens is 3. The van der Waals surface area contributed by atoms with E-state index in [1.165, 1.54) is 17.8 Å². The Morgan fingerprint density at radius 3 is 2.41 bits per heavy atom. The molecule has 0 spiro atoms. The van der Waals surface area contributed by atoms with E-state index in [1.54, 1.807) is 27.7 Å². The fourth-order valence-electron chi connectivity index (χ4n) is 2.36. The van der Waals surface area contributed by atoms with Gasteiger partial charge in [0.05, 0.1) is 17.0 Å². The SMILES string of the molecule is CCSc1cc(=O)c2cc(C(F)(F)F)cc([C@@H](C)N[S+]([O-])C(C)(C)C)c2o1. The van der Waals surface area contributed by atoms with Crippen LogP contribution in [-0.4, -0.2) is 15.1 Å². The van der Waals surface area contributed by atoms with Crippen LogP contribution in [0.3, 0.4) is 0 Å². The maximum absolute atomic E-state index is 13.3. The number of nitrogens with one attached hydrogen (secondary N) is 1. The van der Waals surface area contributed by atoms with Gasteiger partial charge in [-0.2, -0.15) is 13.2 Å². The molecular formula is C18H22F3NO3S2. The van der Waals surface area contributed by atoms with Gasteiger partial charge in [-0.3, -0.25) is 4.79 Å². The molecule has 9 heteroatoms. The van der Waals surface area contributed by atoms with Crippen molar-refractivity contribution < 1.29 is 22.1 Å². The maximum atomic E-state index is 13.3. The number of thioether (sulfide) groups is 1. The Morgan fingerprint density at radius 2 is 1.89 bits per heavy atom. The summed E-state index contributed by atoms with van der Waals surface area (Å²) in [4.78, 5) is 12.4. The molecule has 0 radical (unpaired) electrons. The summed E-state index contributed by atoms with van der Waals surface area (Å²) < 4.78 is 60.3. The van der Waals surface area contributed by atoms with Gasteiger partial charge in [-0.05, 0) is 45.6 Å².